The molecular formula is C10H14N5NaO8S. The molecule has 0 aromatic carbocycles. The Hall–Kier alpha value is -1.45. The van der Waals surface area contributed by atoms with Crippen molar-refractivity contribution in [3.63, 3.8) is 0 Å². The molecule has 2 bridgehead atoms. The van der Waals surface area contributed by atoms with Crippen LogP contribution in [0.1, 0.15) is 6.42 Å². The van der Waals surface area contributed by atoms with Gasteiger partial charge in [-0.05, 0) is 0 Å². The Morgan fingerprint density at radius 2 is 2.12 bits per heavy atom. The summed E-state index contributed by atoms with van der Waals surface area (Å²) in [5.74, 6) is -1.34. The topological polar surface area (TPSA) is 184 Å². The van der Waals surface area contributed by atoms with Crippen LogP contribution in [0.2, 0.25) is 0 Å². The molecule has 4 amide bonds. The van der Waals surface area contributed by atoms with E-state index in [0.29, 0.717) is 5.06 Å². The number of urea groups is 1. The number of piperidine rings is 1. The number of nitrogens with zero attached hydrogens (tertiary/aromatic N) is 3. The van der Waals surface area contributed by atoms with Gasteiger partial charge in [-0.3, -0.25) is 9.59 Å². The van der Waals surface area contributed by atoms with Gasteiger partial charge in [-0.2, -0.15) is 9.35 Å². The van der Waals surface area contributed by atoms with Crippen LogP contribution in [-0.4, -0.2) is 78.8 Å². The van der Waals surface area contributed by atoms with Gasteiger partial charge in [-0.1, -0.05) is 5.16 Å². The molecule has 0 saturated carbocycles. The Labute approximate surface area is 164 Å². The molecule has 13 nitrogen and oxygen atoms in total. The van der Waals surface area contributed by atoms with Gasteiger partial charge >= 0.3 is 35.6 Å². The number of fused-ring (bicyclic) bond motifs is 2. The molecule has 2 heterocycles. The largest absolute Gasteiger partial charge is 1.00 e. The number of carbonyl (C=O) groups is 3. The molecule has 2 fully saturated rings. The van der Waals surface area contributed by atoms with Gasteiger partial charge in [0.2, 0.25) is 16.3 Å². The first-order chi connectivity index (χ1) is 11.1. The standard InChI is InChI=1S/C10H15N5O8S.Na/c1-12-8(16)4-22-13-5-2-6(9(11)17)14-3-7(5)15(10(14)18)23-24(19,20)21;/h6-7H,2-4H2,1H3,(H2,11,17)(H,12,16)(H,19,20,21);/q;+1/p-1/t6-,7-;/m0./s1. The van der Waals surface area contributed by atoms with Gasteiger partial charge in [0.05, 0.1) is 12.3 Å². The first-order valence-electron chi connectivity index (χ1n) is 6.58. The van der Waals surface area contributed by atoms with E-state index < -0.39 is 46.9 Å². The van der Waals surface area contributed by atoms with Gasteiger partial charge in [-0.25, -0.2) is 13.2 Å². The fourth-order valence-corrected chi connectivity index (χ4v) is 2.69. The fourth-order valence-electron chi connectivity index (χ4n) is 2.32. The first kappa shape index (κ1) is 21.6. The van der Waals surface area contributed by atoms with Crippen molar-refractivity contribution in [1.29, 1.82) is 0 Å². The molecule has 2 atom stereocenters. The maximum atomic E-state index is 12.1. The number of nitrogens with two attached hydrogens (primary N) is 1. The average Bonchev–Trinajstić information content (AvgIpc) is 2.74. The Morgan fingerprint density at radius 1 is 1.48 bits per heavy atom. The monoisotopic (exact) mass is 387 g/mol. The van der Waals surface area contributed by atoms with Crippen molar-refractivity contribution in [3.8, 4) is 0 Å². The summed E-state index contributed by atoms with van der Waals surface area (Å²) >= 11 is 0. The third-order valence-corrected chi connectivity index (χ3v) is 3.75. The van der Waals surface area contributed by atoms with E-state index >= 15 is 0 Å². The van der Waals surface area contributed by atoms with Crippen molar-refractivity contribution in [3.05, 3.63) is 0 Å². The minimum Gasteiger partial charge on any atom is -0.724 e. The molecular weight excluding hydrogens is 373 g/mol. The molecule has 2 aliphatic rings. The van der Waals surface area contributed by atoms with Crippen LogP contribution < -0.4 is 40.6 Å². The van der Waals surface area contributed by atoms with Crippen molar-refractivity contribution in [2.24, 2.45) is 10.9 Å². The molecule has 2 aliphatic heterocycles. The van der Waals surface area contributed by atoms with E-state index in [4.69, 9.17) is 10.6 Å². The number of amides is 4. The van der Waals surface area contributed by atoms with E-state index in [-0.39, 0.29) is 48.2 Å². The second-order valence-electron chi connectivity index (χ2n) is 4.91. The minimum absolute atomic E-state index is 0. The predicted octanol–water partition coefficient (Wildman–Crippen LogP) is -6.14. The van der Waals surface area contributed by atoms with Crippen molar-refractivity contribution in [2.75, 3.05) is 20.2 Å². The molecule has 2 rings (SSSR count). The zero-order valence-corrected chi connectivity index (χ0v) is 16.2. The maximum Gasteiger partial charge on any atom is 1.00 e. The van der Waals surface area contributed by atoms with E-state index in [1.54, 1.807) is 0 Å². The number of oxime groups is 1. The Bertz CT molecular complexity index is 697. The molecule has 2 saturated heterocycles. The van der Waals surface area contributed by atoms with Gasteiger partial charge in [0, 0.05) is 13.5 Å². The third kappa shape index (κ3) is 5.02. The number of rotatable bonds is 6. The fraction of sp³-hybridized carbons (Fsp3) is 0.600. The Morgan fingerprint density at radius 3 is 2.64 bits per heavy atom. The van der Waals surface area contributed by atoms with Crippen LogP contribution in [-0.2, 0) is 29.1 Å². The number of hydroxylamine groups is 2. The van der Waals surface area contributed by atoms with Crippen molar-refractivity contribution >= 4 is 34.0 Å². The van der Waals surface area contributed by atoms with Crippen LogP contribution in [0.5, 0.6) is 0 Å². The van der Waals surface area contributed by atoms with E-state index in [1.165, 1.54) is 7.05 Å². The summed E-state index contributed by atoms with van der Waals surface area (Å²) in [6, 6.07) is -3.19. The molecule has 0 spiro atoms. The van der Waals surface area contributed by atoms with Crippen LogP contribution in [0, 0.1) is 0 Å². The summed E-state index contributed by atoms with van der Waals surface area (Å²) in [5.41, 5.74) is 5.25. The summed E-state index contributed by atoms with van der Waals surface area (Å²) in [4.78, 5) is 40.5. The molecule has 0 aromatic heterocycles. The van der Waals surface area contributed by atoms with Crippen molar-refractivity contribution < 1.29 is 66.0 Å². The number of hydrogen-bond acceptors (Lipinski definition) is 9. The van der Waals surface area contributed by atoms with Crippen LogP contribution in [0.25, 0.3) is 0 Å². The van der Waals surface area contributed by atoms with E-state index in [2.05, 4.69) is 14.8 Å². The molecule has 25 heavy (non-hydrogen) atoms. The smallest absolute Gasteiger partial charge is 0.724 e. The number of hydrogen-bond donors (Lipinski definition) is 2. The number of nitrogens with one attached hydrogen (secondary N) is 1. The molecule has 0 unspecified atom stereocenters. The second kappa shape index (κ2) is 8.29. The third-order valence-electron chi connectivity index (χ3n) is 3.41. The van der Waals surface area contributed by atoms with Gasteiger partial charge in [0.1, 0.15) is 12.1 Å². The molecule has 0 aliphatic carbocycles. The molecule has 15 heteroatoms. The summed E-state index contributed by atoms with van der Waals surface area (Å²) in [5, 5.41) is 6.23. The van der Waals surface area contributed by atoms with Gasteiger partial charge in [0.25, 0.3) is 5.91 Å². The van der Waals surface area contributed by atoms with Crippen LogP contribution >= 0.6 is 0 Å². The summed E-state index contributed by atoms with van der Waals surface area (Å²) in [7, 11) is -3.85. The predicted molar refractivity (Wildman–Crippen MR) is 73.6 cm³/mol. The number of primary amides is 1. The molecule has 0 radical (unpaired) electrons. The zero-order valence-electron chi connectivity index (χ0n) is 13.4. The second-order valence-corrected chi connectivity index (χ2v) is 5.88. The first-order valence-corrected chi connectivity index (χ1v) is 7.91. The molecule has 0 aromatic rings. The summed E-state index contributed by atoms with van der Waals surface area (Å²) < 4.78 is 36.5. The summed E-state index contributed by atoms with van der Waals surface area (Å²) in [6.45, 7) is -0.615. The zero-order chi connectivity index (χ0) is 18.1. The SMILES string of the molecule is CNC(=O)CON=C1C[C@@H](C(N)=O)N2C[C@@H]1N(OS(=O)(=O)[O-])C2=O.[Na+]. The van der Waals surface area contributed by atoms with E-state index in [1.807, 2.05) is 0 Å². The van der Waals surface area contributed by atoms with Crippen LogP contribution in [0.4, 0.5) is 4.79 Å². The van der Waals surface area contributed by atoms with Crippen LogP contribution in [0.15, 0.2) is 5.16 Å². The average molecular weight is 387 g/mol. The molecule has 3 N–H and O–H groups in total. The van der Waals surface area contributed by atoms with Crippen molar-refractivity contribution in [1.82, 2.24) is 15.3 Å². The normalized spacial score (nSPS) is 24.1. The van der Waals surface area contributed by atoms with Crippen LogP contribution in [0.3, 0.4) is 0 Å². The maximum absolute atomic E-state index is 12.1. The summed E-state index contributed by atoms with van der Waals surface area (Å²) in [6.07, 6.45) is -0.155. The minimum atomic E-state index is -5.23. The van der Waals surface area contributed by atoms with E-state index in [0.717, 1.165) is 4.90 Å². The van der Waals surface area contributed by atoms with Gasteiger partial charge < -0.3 is 25.3 Å². The number of carbonyl (C=O) groups excluding carboxylic acids is 3. The number of likely N-dealkylation sites (N-methyl/N-ethyl adjacent to an activating group) is 1. The van der Waals surface area contributed by atoms with E-state index in [9.17, 15) is 27.4 Å². The van der Waals surface area contributed by atoms with Gasteiger partial charge in [0.15, 0.2) is 6.61 Å². The van der Waals surface area contributed by atoms with Gasteiger partial charge in [-0.15, -0.1) is 0 Å². The van der Waals surface area contributed by atoms with Crippen molar-refractivity contribution in [2.45, 2.75) is 18.5 Å². The Kier molecular flexibility index (Phi) is 7.16. The quantitative estimate of drug-likeness (QED) is 0.195. The molecule has 134 valence electrons. The Balaban J connectivity index is 0.00000312.